The Morgan fingerprint density at radius 2 is 2.40 bits per heavy atom. The molecule has 0 aliphatic rings. The molecule has 0 amide bonds. The van der Waals surface area contributed by atoms with Crippen molar-refractivity contribution in [2.75, 3.05) is 12.8 Å². The number of hydrogen-bond acceptors (Lipinski definition) is 2. The summed E-state index contributed by atoms with van der Waals surface area (Å²) in [6, 6.07) is 3.28. The van der Waals surface area contributed by atoms with Gasteiger partial charge in [0.15, 0.2) is 0 Å². The number of nitrogen functional groups attached to an aromatic ring is 1. The third kappa shape index (κ3) is 1.37. The lowest BCUT2D eigenvalue weighted by Gasteiger charge is -1.99. The van der Waals surface area contributed by atoms with Crippen LogP contribution in [0.15, 0.2) is 18.2 Å². The molecular weight excluding hydrogens is 133 g/mol. The van der Waals surface area contributed by atoms with Crippen LogP contribution in [0.4, 0.5) is 10.1 Å². The summed E-state index contributed by atoms with van der Waals surface area (Å²) in [6.07, 6.45) is 0. The molecule has 0 aliphatic carbocycles. The minimum atomic E-state index is -2.58. The summed E-state index contributed by atoms with van der Waals surface area (Å²) in [6.45, 7) is 0. The first-order valence-electron chi connectivity index (χ1n) is 4.12. The van der Waals surface area contributed by atoms with E-state index in [1.807, 2.05) is 0 Å². The van der Waals surface area contributed by atoms with E-state index >= 15 is 0 Å². The zero-order chi connectivity index (χ0) is 10.1. The predicted molar refractivity (Wildman–Crippen MR) is 37.4 cm³/mol. The lowest BCUT2D eigenvalue weighted by atomic mass is 10.3. The summed E-state index contributed by atoms with van der Waals surface area (Å²) in [4.78, 5) is 0. The van der Waals surface area contributed by atoms with E-state index < -0.39 is 12.9 Å². The van der Waals surface area contributed by atoms with E-state index in [0.29, 0.717) is 0 Å². The Morgan fingerprint density at radius 1 is 1.60 bits per heavy atom. The summed E-state index contributed by atoms with van der Waals surface area (Å²) in [7, 11) is -2.58. The highest BCUT2D eigenvalue weighted by Gasteiger charge is 1.95. The van der Waals surface area contributed by atoms with E-state index in [9.17, 15) is 4.39 Å². The van der Waals surface area contributed by atoms with Gasteiger partial charge in [0, 0.05) is 17.8 Å². The number of nitrogens with two attached hydrogens (primary N) is 1. The van der Waals surface area contributed by atoms with Crippen molar-refractivity contribution in [3.63, 3.8) is 0 Å². The highest BCUT2D eigenvalue weighted by atomic mass is 19.1. The van der Waals surface area contributed by atoms with Gasteiger partial charge < -0.3 is 10.5 Å². The number of rotatable bonds is 1. The van der Waals surface area contributed by atoms with Crippen LogP contribution in [0.2, 0.25) is 0 Å². The van der Waals surface area contributed by atoms with E-state index in [1.165, 1.54) is 6.07 Å². The number of hydrogen-bond donors (Lipinski definition) is 1. The Labute approximate surface area is 62.6 Å². The normalized spacial score (nSPS) is 15.1. The van der Waals surface area contributed by atoms with Gasteiger partial charge in [-0.05, 0) is 6.07 Å². The quantitative estimate of drug-likeness (QED) is 0.605. The fourth-order valence-electron chi connectivity index (χ4n) is 0.643. The highest BCUT2D eigenvalue weighted by Crippen LogP contribution is 2.16. The zero-order valence-corrected chi connectivity index (χ0v) is 5.10. The first-order valence-corrected chi connectivity index (χ1v) is 2.62. The Hall–Kier alpha value is -1.25. The molecule has 0 fully saturated rings. The molecule has 10 heavy (non-hydrogen) atoms. The molecule has 54 valence electrons. The highest BCUT2D eigenvalue weighted by molar-refractivity contribution is 5.44. The molecule has 0 atom stereocenters. The Balaban J connectivity index is 2.90. The van der Waals surface area contributed by atoms with Crippen LogP contribution in [0.25, 0.3) is 0 Å². The van der Waals surface area contributed by atoms with Gasteiger partial charge in [-0.2, -0.15) is 0 Å². The van der Waals surface area contributed by atoms with Gasteiger partial charge in [0.2, 0.25) is 0 Å². The molecule has 1 aromatic carbocycles. The first-order chi connectivity index (χ1) is 5.87. The van der Waals surface area contributed by atoms with Gasteiger partial charge in [0.1, 0.15) is 11.6 Å². The number of halogens is 1. The van der Waals surface area contributed by atoms with Gasteiger partial charge in [0.05, 0.1) is 11.2 Å². The van der Waals surface area contributed by atoms with E-state index in [2.05, 4.69) is 4.74 Å². The van der Waals surface area contributed by atoms with Crippen molar-refractivity contribution in [3.05, 3.63) is 24.0 Å². The van der Waals surface area contributed by atoms with E-state index in [4.69, 9.17) is 9.85 Å². The van der Waals surface area contributed by atoms with Crippen LogP contribution in [-0.2, 0) is 0 Å². The van der Waals surface area contributed by atoms with Crippen molar-refractivity contribution in [1.29, 1.82) is 0 Å². The molecule has 0 radical (unpaired) electrons. The summed E-state index contributed by atoms with van der Waals surface area (Å²) >= 11 is 0. The van der Waals surface area contributed by atoms with Crippen molar-refractivity contribution >= 4 is 5.69 Å². The van der Waals surface area contributed by atoms with Crippen LogP contribution in [0.1, 0.15) is 4.11 Å². The molecule has 0 saturated heterocycles. The maximum atomic E-state index is 12.7. The molecule has 2 N–H and O–H groups in total. The van der Waals surface area contributed by atoms with Crippen molar-refractivity contribution in [1.82, 2.24) is 0 Å². The first kappa shape index (κ1) is 3.81. The van der Waals surface area contributed by atoms with Crippen LogP contribution in [0, 0.1) is 5.82 Å². The fourth-order valence-corrected chi connectivity index (χ4v) is 0.643. The standard InChI is InChI=1S/C7H8FNO/c1-10-7-3-5(8)2-6(9)4-7/h2-4H,9H2,1H3/i1D3. The predicted octanol–water partition coefficient (Wildman–Crippen LogP) is 1.42. The molecular formula is C7H8FNO. The van der Waals surface area contributed by atoms with Crippen LogP contribution in [0.5, 0.6) is 5.75 Å². The van der Waals surface area contributed by atoms with Gasteiger partial charge in [-0.1, -0.05) is 0 Å². The van der Waals surface area contributed by atoms with E-state index in [1.54, 1.807) is 0 Å². The topological polar surface area (TPSA) is 35.2 Å². The summed E-state index contributed by atoms with van der Waals surface area (Å²) in [5.41, 5.74) is 5.40. The minimum absolute atomic E-state index is 0.0995. The van der Waals surface area contributed by atoms with Crippen LogP contribution in [-0.4, -0.2) is 7.04 Å². The van der Waals surface area contributed by atoms with Crippen LogP contribution < -0.4 is 10.5 Å². The number of anilines is 1. The van der Waals surface area contributed by atoms with Crippen molar-refractivity contribution in [2.24, 2.45) is 0 Å². The third-order valence-corrected chi connectivity index (χ3v) is 1.01. The molecule has 0 bridgehead atoms. The van der Waals surface area contributed by atoms with Gasteiger partial charge in [-0.3, -0.25) is 0 Å². The van der Waals surface area contributed by atoms with Gasteiger partial charge in [0.25, 0.3) is 0 Å². The summed E-state index contributed by atoms with van der Waals surface area (Å²) in [5, 5.41) is 0. The smallest absolute Gasteiger partial charge is 0.128 e. The monoisotopic (exact) mass is 144 g/mol. The molecule has 1 rings (SSSR count). The lowest BCUT2D eigenvalue weighted by Crippen LogP contribution is -1.89. The average Bonchev–Trinajstić information content (AvgIpc) is 1.78. The molecule has 0 saturated carbocycles. The summed E-state index contributed by atoms with van der Waals surface area (Å²) in [5.74, 6) is -0.725. The van der Waals surface area contributed by atoms with Crippen LogP contribution in [0.3, 0.4) is 0 Å². The second kappa shape index (κ2) is 2.56. The fraction of sp³-hybridized carbons (Fsp3) is 0.143. The molecule has 0 aliphatic heterocycles. The number of ether oxygens (including phenoxy) is 1. The minimum Gasteiger partial charge on any atom is -0.497 e. The van der Waals surface area contributed by atoms with Crippen molar-refractivity contribution < 1.29 is 13.2 Å². The van der Waals surface area contributed by atoms with Gasteiger partial charge >= 0.3 is 0 Å². The maximum Gasteiger partial charge on any atom is 0.128 e. The number of benzene rings is 1. The Bertz CT molecular complexity index is 293. The molecule has 0 unspecified atom stereocenters. The Morgan fingerprint density at radius 3 is 3.00 bits per heavy atom. The molecule has 0 heterocycles. The lowest BCUT2D eigenvalue weighted by molar-refractivity contribution is 0.411. The maximum absolute atomic E-state index is 12.7. The van der Waals surface area contributed by atoms with Gasteiger partial charge in [-0.15, -0.1) is 0 Å². The van der Waals surface area contributed by atoms with Crippen molar-refractivity contribution in [3.8, 4) is 5.75 Å². The van der Waals surface area contributed by atoms with Crippen molar-refractivity contribution in [2.45, 2.75) is 0 Å². The Kier molecular flexibility index (Phi) is 0.974. The molecule has 2 nitrogen and oxygen atoms in total. The zero-order valence-electron chi connectivity index (χ0n) is 8.10. The number of methoxy groups -OCH3 is 1. The molecule has 0 aromatic heterocycles. The molecule has 3 heteroatoms. The molecule has 0 spiro atoms. The second-order valence-electron chi connectivity index (χ2n) is 1.82. The third-order valence-electron chi connectivity index (χ3n) is 1.01. The van der Waals surface area contributed by atoms with Crippen LogP contribution >= 0.6 is 0 Å². The van der Waals surface area contributed by atoms with E-state index in [-0.39, 0.29) is 11.4 Å². The average molecular weight is 144 g/mol. The molecule has 1 aromatic rings. The largest absolute Gasteiger partial charge is 0.497 e. The summed E-state index contributed by atoms with van der Waals surface area (Å²) < 4.78 is 37.4. The van der Waals surface area contributed by atoms with Gasteiger partial charge in [-0.25, -0.2) is 4.39 Å². The SMILES string of the molecule is [2H]C([2H])([2H])Oc1cc(N)cc(F)c1. The van der Waals surface area contributed by atoms with E-state index in [0.717, 1.165) is 12.1 Å². The second-order valence-corrected chi connectivity index (χ2v) is 1.82.